The minimum Gasteiger partial charge on any atom is -0.464 e. The molecule has 70 valence electrons. The number of hydrogen-bond donors (Lipinski definition) is 1. The van der Waals surface area contributed by atoms with E-state index in [2.05, 4.69) is 23.5 Å². The Morgan fingerprint density at radius 2 is 2.00 bits per heavy atom. The molecule has 0 atom stereocenters. The quantitative estimate of drug-likeness (QED) is 0.738. The third-order valence-electron chi connectivity index (χ3n) is 2.64. The fourth-order valence-electron chi connectivity index (χ4n) is 1.89. The Morgan fingerprint density at radius 1 is 1.07 bits per heavy atom. The molecule has 2 heteroatoms. The lowest BCUT2D eigenvalue weighted by molar-refractivity contribution is 0.582. The Balaban J connectivity index is 2.09. The molecular weight excluding hydrogens is 174 g/mol. The van der Waals surface area contributed by atoms with E-state index < -0.39 is 0 Å². The highest BCUT2D eigenvalue weighted by Crippen LogP contribution is 2.24. The topological polar surface area (TPSA) is 25.2 Å². The molecule has 1 N–H and O–H groups in total. The zero-order chi connectivity index (χ0) is 9.38. The molecule has 1 aromatic heterocycles. The lowest BCUT2D eigenvalue weighted by atomic mass is 10.1. The van der Waals surface area contributed by atoms with Crippen LogP contribution in [-0.2, 0) is 13.1 Å². The van der Waals surface area contributed by atoms with Crippen LogP contribution >= 0.6 is 0 Å². The second-order valence-corrected chi connectivity index (χ2v) is 3.56. The maximum atomic E-state index is 5.36. The second kappa shape index (κ2) is 3.00. The highest BCUT2D eigenvalue weighted by molar-refractivity contribution is 5.59. The van der Waals surface area contributed by atoms with Crippen molar-refractivity contribution in [2.75, 3.05) is 0 Å². The summed E-state index contributed by atoms with van der Waals surface area (Å²) in [5, 5.41) is 3.33. The molecule has 14 heavy (non-hydrogen) atoms. The van der Waals surface area contributed by atoms with Gasteiger partial charge in [-0.3, -0.25) is 0 Å². The van der Waals surface area contributed by atoms with E-state index >= 15 is 0 Å². The van der Waals surface area contributed by atoms with E-state index in [1.54, 1.807) is 6.26 Å². The van der Waals surface area contributed by atoms with E-state index in [1.807, 2.05) is 12.1 Å². The van der Waals surface area contributed by atoms with E-state index in [4.69, 9.17) is 4.42 Å². The first-order valence-corrected chi connectivity index (χ1v) is 4.80. The van der Waals surface area contributed by atoms with E-state index in [0.717, 1.165) is 24.4 Å². The Kier molecular flexibility index (Phi) is 1.67. The van der Waals surface area contributed by atoms with E-state index in [0.29, 0.717) is 0 Å². The van der Waals surface area contributed by atoms with Crippen molar-refractivity contribution in [3.63, 3.8) is 0 Å². The summed E-state index contributed by atoms with van der Waals surface area (Å²) >= 11 is 0. The number of fused-ring (bicyclic) bond motifs is 1. The summed E-state index contributed by atoms with van der Waals surface area (Å²) in [7, 11) is 0. The number of hydrogen-bond acceptors (Lipinski definition) is 2. The lowest BCUT2D eigenvalue weighted by Crippen LogP contribution is -1.99. The fourth-order valence-corrected chi connectivity index (χ4v) is 1.89. The van der Waals surface area contributed by atoms with Crippen LogP contribution in [0.15, 0.2) is 41.0 Å². The largest absolute Gasteiger partial charge is 0.464 e. The van der Waals surface area contributed by atoms with Crippen LogP contribution in [0.1, 0.15) is 11.1 Å². The van der Waals surface area contributed by atoms with Gasteiger partial charge in [-0.2, -0.15) is 0 Å². The van der Waals surface area contributed by atoms with Crippen LogP contribution in [0.4, 0.5) is 0 Å². The van der Waals surface area contributed by atoms with E-state index in [1.165, 1.54) is 11.1 Å². The van der Waals surface area contributed by atoms with Crippen LogP contribution in [0, 0.1) is 0 Å². The van der Waals surface area contributed by atoms with Crippen LogP contribution in [-0.4, -0.2) is 0 Å². The molecule has 2 nitrogen and oxygen atoms in total. The van der Waals surface area contributed by atoms with Crippen molar-refractivity contribution in [1.29, 1.82) is 0 Å². The fraction of sp³-hybridized carbons (Fsp3) is 0.167. The van der Waals surface area contributed by atoms with Crippen LogP contribution < -0.4 is 5.32 Å². The van der Waals surface area contributed by atoms with Gasteiger partial charge in [0.1, 0.15) is 5.76 Å². The summed E-state index contributed by atoms with van der Waals surface area (Å²) in [6.07, 6.45) is 1.71. The number of nitrogens with one attached hydrogen (secondary N) is 1. The molecule has 1 aliphatic rings. The Bertz CT molecular complexity index is 445. The summed E-state index contributed by atoms with van der Waals surface area (Å²) in [5.41, 5.74) is 3.96. The molecule has 1 aromatic carbocycles. The van der Waals surface area contributed by atoms with Gasteiger partial charge in [-0.15, -0.1) is 0 Å². The highest BCUT2D eigenvalue weighted by atomic mass is 16.3. The van der Waals surface area contributed by atoms with Crippen LogP contribution in [0.5, 0.6) is 0 Å². The third kappa shape index (κ3) is 1.16. The predicted octanol–water partition coefficient (Wildman–Crippen LogP) is 2.55. The van der Waals surface area contributed by atoms with Gasteiger partial charge in [-0.25, -0.2) is 0 Å². The molecule has 0 spiro atoms. The van der Waals surface area contributed by atoms with Gasteiger partial charge >= 0.3 is 0 Å². The summed E-state index contributed by atoms with van der Waals surface area (Å²) in [6.45, 7) is 1.97. The van der Waals surface area contributed by atoms with Crippen LogP contribution in [0.2, 0.25) is 0 Å². The summed E-state index contributed by atoms with van der Waals surface area (Å²) < 4.78 is 5.36. The number of benzene rings is 1. The van der Waals surface area contributed by atoms with Crippen LogP contribution in [0.25, 0.3) is 11.3 Å². The molecule has 0 radical (unpaired) electrons. The molecule has 3 rings (SSSR count). The first-order valence-electron chi connectivity index (χ1n) is 4.80. The summed E-state index contributed by atoms with van der Waals surface area (Å²) in [4.78, 5) is 0. The van der Waals surface area contributed by atoms with Gasteiger partial charge in [0, 0.05) is 18.7 Å². The first kappa shape index (κ1) is 7.83. The maximum absolute atomic E-state index is 5.36. The minimum atomic E-state index is 0.944. The average molecular weight is 185 g/mol. The smallest absolute Gasteiger partial charge is 0.133 e. The second-order valence-electron chi connectivity index (χ2n) is 3.56. The zero-order valence-electron chi connectivity index (χ0n) is 7.79. The molecule has 0 amide bonds. The van der Waals surface area contributed by atoms with Crippen molar-refractivity contribution in [2.24, 2.45) is 0 Å². The van der Waals surface area contributed by atoms with Crippen molar-refractivity contribution in [2.45, 2.75) is 13.1 Å². The van der Waals surface area contributed by atoms with E-state index in [9.17, 15) is 0 Å². The maximum Gasteiger partial charge on any atom is 0.133 e. The standard InChI is InChI=1S/C12H11NO/c1-2-12(14-5-1)9-3-4-10-7-13-8-11(10)6-9/h1-6,13H,7-8H2. The van der Waals surface area contributed by atoms with Gasteiger partial charge < -0.3 is 9.73 Å². The molecule has 0 bridgehead atoms. The Hall–Kier alpha value is -1.54. The molecule has 2 heterocycles. The van der Waals surface area contributed by atoms with E-state index in [-0.39, 0.29) is 0 Å². The van der Waals surface area contributed by atoms with Gasteiger partial charge in [0.15, 0.2) is 0 Å². The monoisotopic (exact) mass is 185 g/mol. The normalized spacial score (nSPS) is 14.3. The molecule has 0 unspecified atom stereocenters. The first-order chi connectivity index (χ1) is 6.93. The van der Waals surface area contributed by atoms with Crippen molar-refractivity contribution in [3.8, 4) is 11.3 Å². The van der Waals surface area contributed by atoms with Crippen molar-refractivity contribution in [3.05, 3.63) is 47.7 Å². The molecule has 1 aliphatic heterocycles. The molecule has 0 saturated heterocycles. The zero-order valence-corrected chi connectivity index (χ0v) is 7.79. The summed E-state index contributed by atoms with van der Waals surface area (Å²) in [5.74, 6) is 0.944. The number of rotatable bonds is 1. The Labute approximate surface area is 82.6 Å². The van der Waals surface area contributed by atoms with Crippen molar-refractivity contribution < 1.29 is 4.42 Å². The SMILES string of the molecule is c1coc(-c2ccc3c(c2)CNC3)c1. The molecule has 0 saturated carbocycles. The minimum absolute atomic E-state index is 0.944. The number of furan rings is 1. The average Bonchev–Trinajstić information content (AvgIpc) is 2.88. The summed E-state index contributed by atoms with van der Waals surface area (Å²) in [6, 6.07) is 10.4. The van der Waals surface area contributed by atoms with Gasteiger partial charge in [0.25, 0.3) is 0 Å². The lowest BCUT2D eigenvalue weighted by Gasteiger charge is -2.00. The molecule has 2 aromatic rings. The predicted molar refractivity (Wildman–Crippen MR) is 54.7 cm³/mol. The van der Waals surface area contributed by atoms with Gasteiger partial charge in [0.2, 0.25) is 0 Å². The van der Waals surface area contributed by atoms with Crippen molar-refractivity contribution >= 4 is 0 Å². The van der Waals surface area contributed by atoms with Gasteiger partial charge in [-0.1, -0.05) is 12.1 Å². The molecule has 0 aliphatic carbocycles. The van der Waals surface area contributed by atoms with Crippen LogP contribution in [0.3, 0.4) is 0 Å². The third-order valence-corrected chi connectivity index (χ3v) is 2.64. The molecule has 0 fully saturated rings. The van der Waals surface area contributed by atoms with Gasteiger partial charge in [-0.05, 0) is 29.3 Å². The highest BCUT2D eigenvalue weighted by Gasteiger charge is 2.11. The van der Waals surface area contributed by atoms with Gasteiger partial charge in [0.05, 0.1) is 6.26 Å². The Morgan fingerprint density at radius 3 is 2.86 bits per heavy atom. The molecular formula is C12H11NO. The van der Waals surface area contributed by atoms with Crippen molar-refractivity contribution in [1.82, 2.24) is 5.32 Å².